The molecule has 4 nitrogen and oxygen atoms in total. The number of rotatable bonds is 6. The molecule has 27 heavy (non-hydrogen) atoms. The number of benzene rings is 2. The first kappa shape index (κ1) is 18.7. The van der Waals surface area contributed by atoms with Crippen LogP contribution in [0.25, 0.3) is 11.0 Å². The molecule has 0 amide bonds. The lowest BCUT2D eigenvalue weighted by atomic mass is 10.0. The van der Waals surface area contributed by atoms with Gasteiger partial charge in [0.05, 0.1) is 15.1 Å². The number of halogens is 1. The van der Waals surface area contributed by atoms with Crippen molar-refractivity contribution in [2.45, 2.75) is 36.3 Å². The van der Waals surface area contributed by atoms with Crippen LogP contribution in [0.5, 0.6) is 0 Å². The van der Waals surface area contributed by atoms with E-state index in [0.717, 1.165) is 43.0 Å². The zero-order valence-corrected chi connectivity index (χ0v) is 18.0. The fourth-order valence-electron chi connectivity index (χ4n) is 4.05. The minimum atomic E-state index is 0.547. The highest BCUT2D eigenvalue weighted by molar-refractivity contribution is 14.1. The van der Waals surface area contributed by atoms with Gasteiger partial charge in [0.2, 0.25) is 5.95 Å². The van der Waals surface area contributed by atoms with Crippen molar-refractivity contribution in [2.75, 3.05) is 24.5 Å². The summed E-state index contributed by atoms with van der Waals surface area (Å²) in [6.07, 6.45) is 3.51. The Morgan fingerprint density at radius 3 is 2.67 bits per heavy atom. The number of aromatic nitrogens is 2. The first-order valence-electron chi connectivity index (χ1n) is 9.88. The average molecular weight is 474 g/mol. The Morgan fingerprint density at radius 2 is 1.93 bits per heavy atom. The highest BCUT2D eigenvalue weighted by Gasteiger charge is 2.30. The maximum atomic E-state index is 4.83. The molecule has 0 spiro atoms. The molecular formula is C22H27IN4. The summed E-state index contributed by atoms with van der Waals surface area (Å²) in [4.78, 5) is 13.4. The second-order valence-electron chi connectivity index (χ2n) is 7.25. The van der Waals surface area contributed by atoms with Gasteiger partial charge in [0, 0.05) is 25.7 Å². The molecule has 1 aliphatic heterocycles. The molecule has 2 heterocycles. The summed E-state index contributed by atoms with van der Waals surface area (Å²) in [5.41, 5.74) is 3.61. The third-order valence-electron chi connectivity index (χ3n) is 5.57. The van der Waals surface area contributed by atoms with Gasteiger partial charge in [0.25, 0.3) is 0 Å². The lowest BCUT2D eigenvalue weighted by Crippen LogP contribution is -2.48. The van der Waals surface area contributed by atoms with Gasteiger partial charge in [-0.05, 0) is 43.9 Å². The van der Waals surface area contributed by atoms with Crippen molar-refractivity contribution < 1.29 is 0 Å². The van der Waals surface area contributed by atoms with Gasteiger partial charge in [-0.3, -0.25) is 4.90 Å². The normalized spacial score (nSPS) is 20.8. The van der Waals surface area contributed by atoms with E-state index in [1.807, 2.05) is 0 Å². The molecule has 2 aromatic carbocycles. The number of aromatic amines is 1. The van der Waals surface area contributed by atoms with E-state index in [1.165, 1.54) is 18.4 Å². The van der Waals surface area contributed by atoms with E-state index in [1.54, 1.807) is 0 Å². The molecule has 4 rings (SSSR count). The molecule has 2 atom stereocenters. The molecule has 1 N–H and O–H groups in total. The summed E-state index contributed by atoms with van der Waals surface area (Å²) in [6, 6.07) is 19.7. The largest absolute Gasteiger partial charge is 0.340 e. The third kappa shape index (κ3) is 4.29. The maximum Gasteiger partial charge on any atom is 0.204 e. The summed E-state index contributed by atoms with van der Waals surface area (Å²) >= 11 is 2.63. The van der Waals surface area contributed by atoms with Crippen LogP contribution >= 0.6 is 22.6 Å². The van der Waals surface area contributed by atoms with Gasteiger partial charge >= 0.3 is 0 Å². The van der Waals surface area contributed by atoms with E-state index < -0.39 is 0 Å². The molecule has 1 fully saturated rings. The number of piperidine rings is 1. The Hall–Kier alpha value is -1.60. The fraction of sp³-hybridized carbons (Fsp3) is 0.409. The van der Waals surface area contributed by atoms with Crippen molar-refractivity contribution in [3.63, 3.8) is 0 Å². The Kier molecular flexibility index (Phi) is 5.98. The number of fused-ring (bicyclic) bond motifs is 1. The number of H-pyrrole nitrogens is 1. The van der Waals surface area contributed by atoms with E-state index in [9.17, 15) is 0 Å². The van der Waals surface area contributed by atoms with E-state index in [4.69, 9.17) is 4.98 Å². The van der Waals surface area contributed by atoms with Crippen LogP contribution in [0, 0.1) is 0 Å². The number of likely N-dealkylation sites (tertiary alicyclic amines) is 1. The van der Waals surface area contributed by atoms with E-state index in [2.05, 4.69) is 98.9 Å². The van der Waals surface area contributed by atoms with Crippen LogP contribution in [0.3, 0.4) is 0 Å². The quantitative estimate of drug-likeness (QED) is 0.315. The summed E-state index contributed by atoms with van der Waals surface area (Å²) in [5.74, 6) is 1.02. The van der Waals surface area contributed by atoms with Gasteiger partial charge in [0.1, 0.15) is 0 Å². The number of hydrogen-bond acceptors (Lipinski definition) is 3. The van der Waals surface area contributed by atoms with Gasteiger partial charge < -0.3 is 9.88 Å². The van der Waals surface area contributed by atoms with Crippen molar-refractivity contribution in [1.29, 1.82) is 0 Å². The summed E-state index contributed by atoms with van der Waals surface area (Å²) in [7, 11) is 0. The van der Waals surface area contributed by atoms with E-state index >= 15 is 0 Å². The van der Waals surface area contributed by atoms with Crippen LogP contribution in [0.1, 0.15) is 25.3 Å². The first-order chi connectivity index (χ1) is 13.2. The zero-order chi connectivity index (χ0) is 18.6. The van der Waals surface area contributed by atoms with Gasteiger partial charge in [-0.1, -0.05) is 65.1 Å². The lowest BCUT2D eigenvalue weighted by Gasteiger charge is -2.41. The van der Waals surface area contributed by atoms with Gasteiger partial charge in [-0.25, -0.2) is 4.98 Å². The molecule has 5 heteroatoms. The second kappa shape index (κ2) is 8.61. The Balaban J connectivity index is 1.40. The van der Waals surface area contributed by atoms with Crippen molar-refractivity contribution in [2.24, 2.45) is 0 Å². The van der Waals surface area contributed by atoms with Crippen molar-refractivity contribution in [1.82, 2.24) is 14.9 Å². The SMILES string of the molecule is CCN(c1nc2ccccc2[nH]1)C1CCN(CCc2ccccc2)C(I)C1. The van der Waals surface area contributed by atoms with E-state index in [0.29, 0.717) is 10.1 Å². The molecule has 2 unspecified atom stereocenters. The second-order valence-corrected chi connectivity index (χ2v) is 8.69. The van der Waals surface area contributed by atoms with Crippen molar-refractivity contribution in [3.05, 3.63) is 60.2 Å². The smallest absolute Gasteiger partial charge is 0.204 e. The van der Waals surface area contributed by atoms with Gasteiger partial charge in [0.15, 0.2) is 0 Å². The number of anilines is 1. The molecule has 1 saturated heterocycles. The number of alkyl halides is 1. The summed E-state index contributed by atoms with van der Waals surface area (Å²) in [6.45, 7) is 5.51. The number of nitrogens with zero attached hydrogens (tertiary/aromatic N) is 3. The maximum absolute atomic E-state index is 4.83. The van der Waals surface area contributed by atoms with Crippen LogP contribution in [0.15, 0.2) is 54.6 Å². The molecule has 3 aromatic rings. The third-order valence-corrected chi connectivity index (χ3v) is 6.87. The number of imidazole rings is 1. The zero-order valence-electron chi connectivity index (χ0n) is 15.8. The van der Waals surface area contributed by atoms with Crippen molar-refractivity contribution in [3.8, 4) is 0 Å². The van der Waals surface area contributed by atoms with Crippen LogP contribution in [0.2, 0.25) is 0 Å². The number of para-hydroxylation sites is 2. The minimum Gasteiger partial charge on any atom is -0.340 e. The molecule has 0 saturated carbocycles. The highest BCUT2D eigenvalue weighted by atomic mass is 127. The summed E-state index contributed by atoms with van der Waals surface area (Å²) < 4.78 is 0.573. The standard InChI is InChI=1S/C22H27IN4/c1-2-27(22-24-19-10-6-7-11-20(19)25-22)18-13-15-26(21(23)16-18)14-12-17-8-4-3-5-9-17/h3-11,18,21H,2,12-16H2,1H3,(H,24,25). The van der Waals surface area contributed by atoms with Crippen molar-refractivity contribution >= 4 is 39.6 Å². The molecule has 1 aromatic heterocycles. The molecule has 0 radical (unpaired) electrons. The minimum absolute atomic E-state index is 0.547. The lowest BCUT2D eigenvalue weighted by molar-refractivity contribution is 0.199. The monoisotopic (exact) mass is 474 g/mol. The number of nitrogens with one attached hydrogen (secondary N) is 1. The molecule has 0 bridgehead atoms. The average Bonchev–Trinajstić information content (AvgIpc) is 3.12. The molecule has 142 valence electrons. The topological polar surface area (TPSA) is 35.2 Å². The fourth-order valence-corrected chi connectivity index (χ4v) is 5.20. The Morgan fingerprint density at radius 1 is 1.15 bits per heavy atom. The van der Waals surface area contributed by atoms with Crippen LogP contribution in [0.4, 0.5) is 5.95 Å². The number of hydrogen-bond donors (Lipinski definition) is 1. The van der Waals surface area contributed by atoms with Crippen LogP contribution in [-0.2, 0) is 6.42 Å². The molecular weight excluding hydrogens is 447 g/mol. The van der Waals surface area contributed by atoms with Crippen LogP contribution in [-0.4, -0.2) is 44.6 Å². The summed E-state index contributed by atoms with van der Waals surface area (Å²) in [5, 5.41) is 0. The first-order valence-corrected chi connectivity index (χ1v) is 11.1. The molecule has 1 aliphatic rings. The predicted octanol–water partition coefficient (Wildman–Crippen LogP) is 4.86. The van der Waals surface area contributed by atoms with E-state index in [-0.39, 0.29) is 0 Å². The Bertz CT molecular complexity index is 830. The molecule has 0 aliphatic carbocycles. The van der Waals surface area contributed by atoms with Crippen LogP contribution < -0.4 is 4.90 Å². The Labute approximate surface area is 175 Å². The van der Waals surface area contributed by atoms with Gasteiger partial charge in [-0.15, -0.1) is 0 Å². The van der Waals surface area contributed by atoms with Gasteiger partial charge in [-0.2, -0.15) is 0 Å². The highest BCUT2D eigenvalue weighted by Crippen LogP contribution is 2.29. The predicted molar refractivity (Wildman–Crippen MR) is 122 cm³/mol.